The summed E-state index contributed by atoms with van der Waals surface area (Å²) in [6.07, 6.45) is 0.717. The molecule has 1 aromatic rings. The molecule has 0 spiro atoms. The smallest absolute Gasteiger partial charge is 0.209 e. The lowest BCUT2D eigenvalue weighted by molar-refractivity contribution is 0.180. The lowest BCUT2D eigenvalue weighted by atomic mass is 9.92. The second kappa shape index (κ2) is 4.07. The van der Waals surface area contributed by atoms with Gasteiger partial charge in [-0.05, 0) is 25.0 Å². The molecule has 2 N–H and O–H groups in total. The fourth-order valence-electron chi connectivity index (χ4n) is 2.16. The number of hydrogen-bond acceptors (Lipinski definition) is 3. The van der Waals surface area contributed by atoms with Gasteiger partial charge in [0.1, 0.15) is 5.75 Å². The highest BCUT2D eigenvalue weighted by Gasteiger charge is 2.28. The van der Waals surface area contributed by atoms with Crippen LogP contribution < -0.4 is 9.88 Å². The maximum absolute atomic E-state index is 11.2. The minimum atomic E-state index is -3.45. The van der Waals surface area contributed by atoms with Crippen molar-refractivity contribution in [3.8, 4) is 5.75 Å². The zero-order valence-electron chi connectivity index (χ0n) is 9.09. The average Bonchev–Trinajstić information content (AvgIpc) is 2.14. The van der Waals surface area contributed by atoms with Gasteiger partial charge in [-0.3, -0.25) is 0 Å². The molecule has 1 aliphatic heterocycles. The third-order valence-corrected chi connectivity index (χ3v) is 3.60. The lowest BCUT2D eigenvalue weighted by Crippen LogP contribution is -2.29. The summed E-state index contributed by atoms with van der Waals surface area (Å²) in [5.41, 5.74) is 0.939. The SMILES string of the molecule is C[C@@H]1CC(CS(N)(=O)=O)c2ccccc2O1. The summed E-state index contributed by atoms with van der Waals surface area (Å²) < 4.78 is 27.9. The monoisotopic (exact) mass is 241 g/mol. The van der Waals surface area contributed by atoms with Crippen LogP contribution in [-0.2, 0) is 10.0 Å². The van der Waals surface area contributed by atoms with Gasteiger partial charge in [0.25, 0.3) is 0 Å². The topological polar surface area (TPSA) is 69.4 Å². The summed E-state index contributed by atoms with van der Waals surface area (Å²) in [4.78, 5) is 0. The molecule has 2 rings (SSSR count). The van der Waals surface area contributed by atoms with Gasteiger partial charge in [0.05, 0.1) is 11.9 Å². The van der Waals surface area contributed by atoms with Crippen molar-refractivity contribution < 1.29 is 13.2 Å². The second-order valence-electron chi connectivity index (χ2n) is 4.23. The number of para-hydroxylation sites is 1. The predicted molar refractivity (Wildman–Crippen MR) is 61.9 cm³/mol. The Morgan fingerprint density at radius 2 is 2.12 bits per heavy atom. The Kier molecular flexibility index (Phi) is 2.90. The second-order valence-corrected chi connectivity index (χ2v) is 5.89. The van der Waals surface area contributed by atoms with Gasteiger partial charge in [-0.25, -0.2) is 13.6 Å². The van der Waals surface area contributed by atoms with E-state index >= 15 is 0 Å². The molecular weight excluding hydrogens is 226 g/mol. The van der Waals surface area contributed by atoms with Gasteiger partial charge < -0.3 is 4.74 Å². The zero-order valence-corrected chi connectivity index (χ0v) is 9.91. The number of primary sulfonamides is 1. The Morgan fingerprint density at radius 3 is 2.81 bits per heavy atom. The lowest BCUT2D eigenvalue weighted by Gasteiger charge is -2.29. The van der Waals surface area contributed by atoms with Crippen molar-refractivity contribution in [2.45, 2.75) is 25.4 Å². The number of rotatable bonds is 2. The highest BCUT2D eigenvalue weighted by Crippen LogP contribution is 2.36. The van der Waals surface area contributed by atoms with Crippen molar-refractivity contribution in [3.05, 3.63) is 29.8 Å². The molecule has 5 heteroatoms. The Morgan fingerprint density at radius 1 is 1.44 bits per heavy atom. The molecule has 1 heterocycles. The van der Waals surface area contributed by atoms with Crippen LogP contribution in [0, 0.1) is 0 Å². The van der Waals surface area contributed by atoms with E-state index in [1.54, 1.807) is 0 Å². The number of benzene rings is 1. The van der Waals surface area contributed by atoms with Crippen molar-refractivity contribution in [2.75, 3.05) is 5.75 Å². The molecule has 16 heavy (non-hydrogen) atoms. The summed E-state index contributed by atoms with van der Waals surface area (Å²) in [5, 5.41) is 5.10. The molecule has 0 radical (unpaired) electrons. The van der Waals surface area contributed by atoms with Crippen molar-refractivity contribution in [1.29, 1.82) is 0 Å². The van der Waals surface area contributed by atoms with Gasteiger partial charge in [-0.2, -0.15) is 0 Å². The van der Waals surface area contributed by atoms with Gasteiger partial charge in [-0.1, -0.05) is 18.2 Å². The first-order valence-electron chi connectivity index (χ1n) is 5.22. The van der Waals surface area contributed by atoms with Crippen LogP contribution in [0.5, 0.6) is 5.75 Å². The third-order valence-electron chi connectivity index (χ3n) is 2.74. The Hall–Kier alpha value is -1.07. The number of ether oxygens (including phenoxy) is 1. The van der Waals surface area contributed by atoms with Crippen LogP contribution >= 0.6 is 0 Å². The van der Waals surface area contributed by atoms with Crippen molar-refractivity contribution >= 4 is 10.0 Å². The maximum atomic E-state index is 11.2. The van der Waals surface area contributed by atoms with Gasteiger partial charge in [0.15, 0.2) is 0 Å². The van der Waals surface area contributed by atoms with E-state index in [-0.39, 0.29) is 17.8 Å². The molecule has 4 nitrogen and oxygen atoms in total. The summed E-state index contributed by atoms with van der Waals surface area (Å²) in [7, 11) is -3.45. The molecule has 0 aromatic heterocycles. The normalized spacial score (nSPS) is 24.6. The molecule has 0 fully saturated rings. The molecule has 0 bridgehead atoms. The summed E-state index contributed by atoms with van der Waals surface area (Å²) in [5.74, 6) is 0.697. The number of hydrogen-bond donors (Lipinski definition) is 1. The largest absolute Gasteiger partial charge is 0.490 e. The first kappa shape index (κ1) is 11.4. The van der Waals surface area contributed by atoms with Crippen LogP contribution in [-0.4, -0.2) is 20.3 Å². The summed E-state index contributed by atoms with van der Waals surface area (Å²) in [6.45, 7) is 1.94. The van der Waals surface area contributed by atoms with E-state index in [9.17, 15) is 8.42 Å². The first-order valence-corrected chi connectivity index (χ1v) is 6.93. The molecular formula is C11H15NO3S. The molecule has 0 aliphatic carbocycles. The molecule has 0 saturated heterocycles. The van der Waals surface area contributed by atoms with E-state index in [2.05, 4.69) is 0 Å². The zero-order chi connectivity index (χ0) is 11.8. The summed E-state index contributed by atoms with van der Waals surface area (Å²) >= 11 is 0. The maximum Gasteiger partial charge on any atom is 0.209 e. The van der Waals surface area contributed by atoms with E-state index in [0.29, 0.717) is 6.42 Å². The highest BCUT2D eigenvalue weighted by atomic mass is 32.2. The fourth-order valence-corrected chi connectivity index (χ4v) is 3.03. The Bertz CT molecular complexity index is 484. The molecule has 1 unspecified atom stereocenters. The van der Waals surface area contributed by atoms with Crippen molar-refractivity contribution in [2.24, 2.45) is 5.14 Å². The Balaban J connectivity index is 2.34. The number of fused-ring (bicyclic) bond motifs is 1. The molecule has 88 valence electrons. The van der Waals surface area contributed by atoms with Crippen LogP contribution in [0.3, 0.4) is 0 Å². The predicted octanol–water partition coefficient (Wildman–Crippen LogP) is 1.23. The summed E-state index contributed by atoms with van der Waals surface area (Å²) in [6, 6.07) is 7.53. The fraction of sp³-hybridized carbons (Fsp3) is 0.455. The van der Waals surface area contributed by atoms with Crippen LogP contribution in [0.15, 0.2) is 24.3 Å². The van der Waals surface area contributed by atoms with E-state index in [1.807, 2.05) is 31.2 Å². The van der Waals surface area contributed by atoms with Crippen molar-refractivity contribution in [1.82, 2.24) is 0 Å². The third kappa shape index (κ3) is 2.54. The van der Waals surface area contributed by atoms with E-state index in [4.69, 9.17) is 9.88 Å². The molecule has 1 aromatic carbocycles. The van der Waals surface area contributed by atoms with Crippen LogP contribution in [0.4, 0.5) is 0 Å². The molecule has 0 saturated carbocycles. The van der Waals surface area contributed by atoms with E-state index < -0.39 is 10.0 Å². The minimum absolute atomic E-state index is 0.0162. The van der Waals surface area contributed by atoms with Gasteiger partial charge >= 0.3 is 0 Å². The number of nitrogens with two attached hydrogens (primary N) is 1. The Labute approximate surface area is 95.5 Å². The van der Waals surface area contributed by atoms with E-state index in [0.717, 1.165) is 11.3 Å². The van der Waals surface area contributed by atoms with Crippen molar-refractivity contribution in [3.63, 3.8) is 0 Å². The van der Waals surface area contributed by atoms with Gasteiger partial charge in [-0.15, -0.1) is 0 Å². The average molecular weight is 241 g/mol. The standard InChI is InChI=1S/C11H15NO3S/c1-8-6-9(7-16(12,13)14)10-4-2-3-5-11(10)15-8/h2-5,8-9H,6-7H2,1H3,(H2,12,13,14)/t8-,9?/m1/s1. The van der Waals surface area contributed by atoms with E-state index in [1.165, 1.54) is 0 Å². The molecule has 2 atom stereocenters. The minimum Gasteiger partial charge on any atom is -0.490 e. The van der Waals surface area contributed by atoms with Crippen LogP contribution in [0.25, 0.3) is 0 Å². The quantitative estimate of drug-likeness (QED) is 0.846. The van der Waals surface area contributed by atoms with Gasteiger partial charge in [0, 0.05) is 5.92 Å². The van der Waals surface area contributed by atoms with Crippen LogP contribution in [0.1, 0.15) is 24.8 Å². The first-order chi connectivity index (χ1) is 7.46. The molecule has 0 amide bonds. The number of sulfonamides is 1. The van der Waals surface area contributed by atoms with Gasteiger partial charge in [0.2, 0.25) is 10.0 Å². The molecule has 1 aliphatic rings. The van der Waals surface area contributed by atoms with Crippen LogP contribution in [0.2, 0.25) is 0 Å². The highest BCUT2D eigenvalue weighted by molar-refractivity contribution is 7.89.